The number of carbonyl (C=O) groups is 1. The fraction of sp³-hybridized carbons (Fsp3) is 0.364. The third-order valence-electron chi connectivity index (χ3n) is 5.52. The number of fused-ring (bicyclic) bond motifs is 1. The van der Waals surface area contributed by atoms with E-state index < -0.39 is 0 Å². The minimum absolute atomic E-state index is 0.00389. The Labute approximate surface area is 184 Å². The molecule has 0 unspecified atom stereocenters. The van der Waals surface area contributed by atoms with Crippen LogP contribution in [0.15, 0.2) is 30.3 Å². The molecule has 162 valence electrons. The highest BCUT2D eigenvalue weighted by Gasteiger charge is 2.22. The Morgan fingerprint density at radius 3 is 2.45 bits per heavy atom. The van der Waals surface area contributed by atoms with Crippen LogP contribution in [0.25, 0.3) is 10.2 Å². The van der Waals surface area contributed by atoms with Crippen molar-refractivity contribution in [3.63, 3.8) is 0 Å². The summed E-state index contributed by atoms with van der Waals surface area (Å²) >= 11 is 1.47. The Kier molecular flexibility index (Phi) is 5.88. The number of carbonyl (C=O) groups excluding carboxylic acids is 1. The molecule has 2 aromatic carbocycles. The van der Waals surface area contributed by atoms with E-state index in [1.54, 1.807) is 12.1 Å². The number of nitro groups is 1. The van der Waals surface area contributed by atoms with Gasteiger partial charge in [0.15, 0.2) is 5.13 Å². The number of aromatic nitrogens is 1. The number of nitrogens with zero attached hydrogens (tertiary/aromatic N) is 4. The SMILES string of the molecule is Cc1cc(C)c(NC(=O)CN2CCN(c3nc4ccc([N+](=O)[O-])cc4s3)CC2)c(C)c1. The normalized spacial score (nSPS) is 14.7. The predicted molar refractivity (Wildman–Crippen MR) is 124 cm³/mol. The molecule has 1 aliphatic heterocycles. The molecule has 1 fully saturated rings. The summed E-state index contributed by atoms with van der Waals surface area (Å²) < 4.78 is 0.815. The molecule has 1 aliphatic rings. The molecule has 0 bridgehead atoms. The van der Waals surface area contributed by atoms with Crippen LogP contribution in [0.3, 0.4) is 0 Å². The second-order valence-corrected chi connectivity index (χ2v) is 9.00. The third-order valence-corrected chi connectivity index (χ3v) is 6.60. The monoisotopic (exact) mass is 439 g/mol. The topological polar surface area (TPSA) is 91.6 Å². The van der Waals surface area contributed by atoms with Crippen LogP contribution in [0.5, 0.6) is 0 Å². The van der Waals surface area contributed by atoms with Crippen LogP contribution in [0.1, 0.15) is 16.7 Å². The van der Waals surface area contributed by atoms with Crippen LogP contribution in [0, 0.1) is 30.9 Å². The molecule has 4 rings (SSSR count). The summed E-state index contributed by atoms with van der Waals surface area (Å²) in [6, 6.07) is 8.91. The number of benzene rings is 2. The van der Waals surface area contributed by atoms with Crippen LogP contribution >= 0.6 is 11.3 Å². The lowest BCUT2D eigenvalue weighted by Crippen LogP contribution is -2.48. The van der Waals surface area contributed by atoms with Gasteiger partial charge >= 0.3 is 0 Å². The lowest BCUT2D eigenvalue weighted by molar-refractivity contribution is -0.384. The fourth-order valence-electron chi connectivity index (χ4n) is 4.01. The number of rotatable bonds is 5. The average Bonchev–Trinajstić information content (AvgIpc) is 3.14. The zero-order chi connectivity index (χ0) is 22.1. The highest BCUT2D eigenvalue weighted by molar-refractivity contribution is 7.22. The first kappa shape index (κ1) is 21.2. The van der Waals surface area contributed by atoms with E-state index >= 15 is 0 Å². The molecular formula is C22H25N5O3S. The Hall–Kier alpha value is -3.04. The van der Waals surface area contributed by atoms with Gasteiger partial charge in [0.25, 0.3) is 5.69 Å². The highest BCUT2D eigenvalue weighted by atomic mass is 32.1. The molecule has 0 atom stereocenters. The molecular weight excluding hydrogens is 414 g/mol. The van der Waals surface area contributed by atoms with Crippen LogP contribution in [0.4, 0.5) is 16.5 Å². The Morgan fingerprint density at radius 1 is 1.13 bits per heavy atom. The van der Waals surface area contributed by atoms with E-state index in [4.69, 9.17) is 0 Å². The zero-order valence-corrected chi connectivity index (χ0v) is 18.7. The van der Waals surface area contributed by atoms with Crippen molar-refractivity contribution in [3.05, 3.63) is 57.1 Å². The Morgan fingerprint density at radius 2 is 1.81 bits per heavy atom. The van der Waals surface area contributed by atoms with E-state index in [-0.39, 0.29) is 16.5 Å². The van der Waals surface area contributed by atoms with Gasteiger partial charge in [-0.2, -0.15) is 0 Å². The number of nitrogens with one attached hydrogen (secondary N) is 1. The van der Waals surface area contributed by atoms with Gasteiger partial charge in [0, 0.05) is 44.0 Å². The smallest absolute Gasteiger partial charge is 0.270 e. The van der Waals surface area contributed by atoms with Crippen molar-refractivity contribution < 1.29 is 9.72 Å². The number of thiazole rings is 1. The van der Waals surface area contributed by atoms with Crippen molar-refractivity contribution >= 4 is 44.0 Å². The molecule has 9 heteroatoms. The molecule has 0 radical (unpaired) electrons. The first-order chi connectivity index (χ1) is 14.8. The van der Waals surface area contributed by atoms with Gasteiger partial charge in [-0.15, -0.1) is 0 Å². The van der Waals surface area contributed by atoms with E-state index in [2.05, 4.69) is 39.2 Å². The number of nitro benzene ring substituents is 1. The molecule has 3 aromatic rings. The Bertz CT molecular complexity index is 1130. The maximum absolute atomic E-state index is 12.6. The highest BCUT2D eigenvalue weighted by Crippen LogP contribution is 2.31. The molecule has 1 N–H and O–H groups in total. The van der Waals surface area contributed by atoms with Gasteiger partial charge in [-0.1, -0.05) is 29.0 Å². The molecule has 0 aliphatic carbocycles. The fourth-order valence-corrected chi connectivity index (χ4v) is 5.06. The number of hydrogen-bond acceptors (Lipinski definition) is 7. The van der Waals surface area contributed by atoms with Gasteiger partial charge in [0.05, 0.1) is 21.7 Å². The maximum atomic E-state index is 12.6. The van der Waals surface area contributed by atoms with E-state index in [9.17, 15) is 14.9 Å². The number of piperazine rings is 1. The molecule has 31 heavy (non-hydrogen) atoms. The summed E-state index contributed by atoms with van der Waals surface area (Å²) in [6.45, 7) is 9.48. The van der Waals surface area contributed by atoms with Gasteiger partial charge in [0.2, 0.25) is 5.91 Å². The van der Waals surface area contributed by atoms with Gasteiger partial charge in [-0.25, -0.2) is 4.98 Å². The van der Waals surface area contributed by atoms with Crippen molar-refractivity contribution in [2.24, 2.45) is 0 Å². The van der Waals surface area contributed by atoms with Crippen molar-refractivity contribution in [2.75, 3.05) is 42.9 Å². The number of anilines is 2. The van der Waals surface area contributed by atoms with Crippen molar-refractivity contribution in [3.8, 4) is 0 Å². The van der Waals surface area contributed by atoms with E-state index in [0.717, 1.165) is 58.3 Å². The second kappa shape index (κ2) is 8.60. The molecule has 1 aromatic heterocycles. The van der Waals surface area contributed by atoms with Crippen LogP contribution in [-0.2, 0) is 4.79 Å². The molecule has 2 heterocycles. The lowest BCUT2D eigenvalue weighted by atomic mass is 10.1. The van der Waals surface area contributed by atoms with Gasteiger partial charge in [-0.3, -0.25) is 19.8 Å². The summed E-state index contributed by atoms with van der Waals surface area (Å²) in [7, 11) is 0. The summed E-state index contributed by atoms with van der Waals surface area (Å²) in [5.41, 5.74) is 5.10. The lowest BCUT2D eigenvalue weighted by Gasteiger charge is -2.34. The van der Waals surface area contributed by atoms with Crippen molar-refractivity contribution in [1.82, 2.24) is 9.88 Å². The predicted octanol–water partition coefficient (Wildman–Crippen LogP) is 3.89. The number of non-ortho nitro benzene ring substituents is 1. The van der Waals surface area contributed by atoms with Crippen LogP contribution in [-0.4, -0.2) is 53.4 Å². The molecule has 1 saturated heterocycles. The maximum Gasteiger partial charge on any atom is 0.270 e. The number of amides is 1. The number of hydrogen-bond donors (Lipinski definition) is 1. The average molecular weight is 440 g/mol. The van der Waals surface area contributed by atoms with Gasteiger partial charge in [0.1, 0.15) is 0 Å². The molecule has 8 nitrogen and oxygen atoms in total. The summed E-state index contributed by atoms with van der Waals surface area (Å²) in [5.74, 6) is -0.00389. The van der Waals surface area contributed by atoms with Gasteiger partial charge in [-0.05, 0) is 38.0 Å². The quantitative estimate of drug-likeness (QED) is 0.479. The molecule has 1 amide bonds. The summed E-state index contributed by atoms with van der Waals surface area (Å²) in [4.78, 5) is 32.1. The molecule has 0 saturated carbocycles. The summed E-state index contributed by atoms with van der Waals surface area (Å²) in [6.07, 6.45) is 0. The van der Waals surface area contributed by atoms with Gasteiger partial charge < -0.3 is 10.2 Å². The number of aryl methyl sites for hydroxylation is 3. The summed E-state index contributed by atoms with van der Waals surface area (Å²) in [5, 5.41) is 14.9. The van der Waals surface area contributed by atoms with E-state index in [1.807, 2.05) is 13.8 Å². The van der Waals surface area contributed by atoms with E-state index in [0.29, 0.717) is 6.54 Å². The minimum Gasteiger partial charge on any atom is -0.345 e. The van der Waals surface area contributed by atoms with Crippen LogP contribution in [0.2, 0.25) is 0 Å². The van der Waals surface area contributed by atoms with E-state index in [1.165, 1.54) is 23.0 Å². The Balaban J connectivity index is 1.35. The largest absolute Gasteiger partial charge is 0.345 e. The van der Waals surface area contributed by atoms with Crippen molar-refractivity contribution in [2.45, 2.75) is 20.8 Å². The van der Waals surface area contributed by atoms with Crippen molar-refractivity contribution in [1.29, 1.82) is 0 Å². The minimum atomic E-state index is -0.387. The first-order valence-corrected chi connectivity index (χ1v) is 11.0. The van der Waals surface area contributed by atoms with Crippen LogP contribution < -0.4 is 10.2 Å². The standard InChI is InChI=1S/C22H25N5O3S/c1-14-10-15(2)21(16(3)11-14)24-20(28)13-25-6-8-26(9-7-25)22-23-18-5-4-17(27(29)30)12-19(18)31-22/h4-5,10-12H,6-9,13H2,1-3H3,(H,24,28). The first-order valence-electron chi connectivity index (χ1n) is 10.2. The third kappa shape index (κ3) is 4.67. The second-order valence-electron chi connectivity index (χ2n) is 7.99. The molecule has 0 spiro atoms. The zero-order valence-electron chi connectivity index (χ0n) is 17.8.